The van der Waals surface area contributed by atoms with Crippen molar-refractivity contribution in [1.82, 2.24) is 15.1 Å². The van der Waals surface area contributed by atoms with Gasteiger partial charge in [-0.3, -0.25) is 4.98 Å². The highest BCUT2D eigenvalue weighted by Crippen LogP contribution is 2.48. The van der Waals surface area contributed by atoms with E-state index in [2.05, 4.69) is 27.3 Å². The van der Waals surface area contributed by atoms with E-state index in [4.69, 9.17) is 4.52 Å². The normalized spacial score (nSPS) is 20.6. The largest absolute Gasteiger partial charge is 0.339 e. The Hall–Kier alpha value is -2.04. The van der Waals surface area contributed by atoms with Crippen LogP contribution in [0.4, 0.5) is 4.39 Å². The van der Waals surface area contributed by atoms with Gasteiger partial charge < -0.3 is 4.52 Å². The van der Waals surface area contributed by atoms with Crippen molar-refractivity contribution in [1.29, 1.82) is 0 Å². The lowest BCUT2D eigenvalue weighted by atomic mass is 9.65. The van der Waals surface area contributed by atoms with Crippen molar-refractivity contribution in [2.45, 2.75) is 43.4 Å². The highest BCUT2D eigenvalue weighted by Gasteiger charge is 2.47. The first-order chi connectivity index (χ1) is 10.3. The van der Waals surface area contributed by atoms with E-state index in [0.717, 1.165) is 32.1 Å². The molecule has 2 aliphatic carbocycles. The summed E-state index contributed by atoms with van der Waals surface area (Å²) in [6.45, 7) is 0. The number of halogens is 1. The van der Waals surface area contributed by atoms with Crippen molar-refractivity contribution in [3.05, 3.63) is 53.7 Å². The standard InChI is InChI=1S/C16H16FN3O/c17-12-7-3-10-18-13(12)16(8-4-9-16)15-19-14(21-20-15)11-5-1-2-6-11/h1-3,7,10-11H,4-6,8-9H2. The molecule has 4 nitrogen and oxygen atoms in total. The van der Waals surface area contributed by atoms with Gasteiger partial charge in [-0.25, -0.2) is 4.39 Å². The molecule has 21 heavy (non-hydrogen) atoms. The number of allylic oxidation sites excluding steroid dienone is 2. The van der Waals surface area contributed by atoms with Gasteiger partial charge in [0.2, 0.25) is 5.89 Å². The van der Waals surface area contributed by atoms with Crippen LogP contribution >= 0.6 is 0 Å². The van der Waals surface area contributed by atoms with Crippen LogP contribution in [0.1, 0.15) is 55.4 Å². The second kappa shape index (κ2) is 4.76. The minimum atomic E-state index is -0.501. The third-order valence-corrected chi connectivity index (χ3v) is 4.65. The number of hydrogen-bond acceptors (Lipinski definition) is 4. The summed E-state index contributed by atoms with van der Waals surface area (Å²) in [5.74, 6) is 1.24. The van der Waals surface area contributed by atoms with Crippen molar-refractivity contribution >= 4 is 0 Å². The zero-order valence-electron chi connectivity index (χ0n) is 11.6. The highest BCUT2D eigenvalue weighted by atomic mass is 19.1. The Balaban J connectivity index is 1.72. The van der Waals surface area contributed by atoms with Crippen LogP contribution in [0, 0.1) is 5.82 Å². The first-order valence-electron chi connectivity index (χ1n) is 7.40. The van der Waals surface area contributed by atoms with Gasteiger partial charge in [0.05, 0.1) is 11.1 Å². The monoisotopic (exact) mass is 285 g/mol. The molecule has 0 aromatic carbocycles. The van der Waals surface area contributed by atoms with E-state index >= 15 is 0 Å². The fraction of sp³-hybridized carbons (Fsp3) is 0.438. The first kappa shape index (κ1) is 12.7. The van der Waals surface area contributed by atoms with Crippen LogP contribution in [0.5, 0.6) is 0 Å². The molecule has 0 radical (unpaired) electrons. The van der Waals surface area contributed by atoms with Crippen molar-refractivity contribution in [2.24, 2.45) is 0 Å². The van der Waals surface area contributed by atoms with Gasteiger partial charge in [0.25, 0.3) is 0 Å². The number of hydrogen-bond donors (Lipinski definition) is 0. The lowest BCUT2D eigenvalue weighted by Gasteiger charge is -2.38. The Labute approximate surface area is 122 Å². The molecule has 0 atom stereocenters. The van der Waals surface area contributed by atoms with Gasteiger partial charge in [-0.15, -0.1) is 0 Å². The third-order valence-electron chi connectivity index (χ3n) is 4.65. The molecule has 4 rings (SSSR count). The number of aromatic nitrogens is 3. The van der Waals surface area contributed by atoms with E-state index in [9.17, 15) is 4.39 Å². The highest BCUT2D eigenvalue weighted by molar-refractivity contribution is 5.31. The number of nitrogens with zero attached hydrogens (tertiary/aromatic N) is 3. The number of rotatable bonds is 3. The lowest BCUT2D eigenvalue weighted by molar-refractivity contribution is 0.255. The maximum atomic E-state index is 14.1. The quantitative estimate of drug-likeness (QED) is 0.810. The third kappa shape index (κ3) is 1.91. The summed E-state index contributed by atoms with van der Waals surface area (Å²) in [6.07, 6.45) is 10.4. The minimum Gasteiger partial charge on any atom is -0.339 e. The molecule has 5 heteroatoms. The predicted molar refractivity (Wildman–Crippen MR) is 74.2 cm³/mol. The zero-order chi connectivity index (χ0) is 14.3. The second-order valence-corrected chi connectivity index (χ2v) is 5.87. The van der Waals surface area contributed by atoms with Crippen LogP contribution in [-0.4, -0.2) is 15.1 Å². The summed E-state index contributed by atoms with van der Waals surface area (Å²) in [6, 6.07) is 3.06. The Morgan fingerprint density at radius 2 is 2.05 bits per heavy atom. The van der Waals surface area contributed by atoms with Crippen LogP contribution in [0.2, 0.25) is 0 Å². The first-order valence-corrected chi connectivity index (χ1v) is 7.40. The molecular weight excluding hydrogens is 269 g/mol. The fourth-order valence-corrected chi connectivity index (χ4v) is 3.25. The molecule has 0 saturated heterocycles. The zero-order valence-corrected chi connectivity index (χ0v) is 11.6. The molecule has 0 spiro atoms. The maximum Gasteiger partial charge on any atom is 0.230 e. The predicted octanol–water partition coefficient (Wildman–Crippen LogP) is 3.51. The van der Waals surface area contributed by atoms with Gasteiger partial charge in [-0.1, -0.05) is 23.7 Å². The van der Waals surface area contributed by atoms with E-state index in [-0.39, 0.29) is 11.7 Å². The van der Waals surface area contributed by atoms with Gasteiger partial charge in [0.15, 0.2) is 5.82 Å². The summed E-state index contributed by atoms with van der Waals surface area (Å²) in [4.78, 5) is 8.83. The number of pyridine rings is 1. The second-order valence-electron chi connectivity index (χ2n) is 5.87. The molecule has 1 saturated carbocycles. The lowest BCUT2D eigenvalue weighted by Crippen LogP contribution is -2.38. The Kier molecular flexibility index (Phi) is 2.87. The molecule has 2 aromatic rings. The van der Waals surface area contributed by atoms with E-state index < -0.39 is 5.41 Å². The van der Waals surface area contributed by atoms with Gasteiger partial charge >= 0.3 is 0 Å². The average molecular weight is 285 g/mol. The fourth-order valence-electron chi connectivity index (χ4n) is 3.25. The van der Waals surface area contributed by atoms with Crippen LogP contribution < -0.4 is 0 Å². The van der Waals surface area contributed by atoms with Gasteiger partial charge in [0.1, 0.15) is 5.82 Å². The van der Waals surface area contributed by atoms with E-state index in [0.29, 0.717) is 17.4 Å². The van der Waals surface area contributed by atoms with Crippen LogP contribution in [0.15, 0.2) is 35.0 Å². The summed E-state index contributed by atoms with van der Waals surface area (Å²) in [5.41, 5.74) is -0.0489. The molecule has 0 aliphatic heterocycles. The molecule has 0 unspecified atom stereocenters. The Morgan fingerprint density at radius 3 is 2.71 bits per heavy atom. The molecule has 0 amide bonds. The van der Waals surface area contributed by atoms with Crippen molar-refractivity contribution in [2.75, 3.05) is 0 Å². The smallest absolute Gasteiger partial charge is 0.230 e. The summed E-state index contributed by atoms with van der Waals surface area (Å²) < 4.78 is 19.6. The molecule has 108 valence electrons. The van der Waals surface area contributed by atoms with E-state index in [1.807, 2.05) is 0 Å². The molecule has 1 fully saturated rings. The van der Waals surface area contributed by atoms with E-state index in [1.165, 1.54) is 6.07 Å². The summed E-state index contributed by atoms with van der Waals surface area (Å²) in [7, 11) is 0. The van der Waals surface area contributed by atoms with Crippen LogP contribution in [0.3, 0.4) is 0 Å². The molecular formula is C16H16FN3O. The molecule has 2 aromatic heterocycles. The molecule has 2 aliphatic rings. The van der Waals surface area contributed by atoms with Crippen molar-refractivity contribution in [3.63, 3.8) is 0 Å². The Morgan fingerprint density at radius 1 is 1.24 bits per heavy atom. The van der Waals surface area contributed by atoms with Crippen LogP contribution in [-0.2, 0) is 5.41 Å². The van der Waals surface area contributed by atoms with Crippen LogP contribution in [0.25, 0.3) is 0 Å². The van der Waals surface area contributed by atoms with Gasteiger partial charge in [-0.05, 0) is 37.8 Å². The van der Waals surface area contributed by atoms with Gasteiger partial charge in [-0.2, -0.15) is 4.98 Å². The molecule has 0 N–H and O–H groups in total. The topological polar surface area (TPSA) is 51.8 Å². The average Bonchev–Trinajstić information content (AvgIpc) is 3.09. The molecule has 0 bridgehead atoms. The van der Waals surface area contributed by atoms with E-state index in [1.54, 1.807) is 12.3 Å². The minimum absolute atomic E-state index is 0.275. The molecule has 2 heterocycles. The SMILES string of the molecule is Fc1cccnc1C1(c2noc(C3CC=CC3)n2)CCC1. The van der Waals surface area contributed by atoms with Crippen molar-refractivity contribution < 1.29 is 8.91 Å². The van der Waals surface area contributed by atoms with Gasteiger partial charge in [0, 0.05) is 12.1 Å². The maximum absolute atomic E-state index is 14.1. The summed E-state index contributed by atoms with van der Waals surface area (Å²) in [5, 5.41) is 4.15. The Bertz CT molecular complexity index is 682. The summed E-state index contributed by atoms with van der Waals surface area (Å²) >= 11 is 0. The van der Waals surface area contributed by atoms with Crippen molar-refractivity contribution in [3.8, 4) is 0 Å².